The van der Waals surface area contributed by atoms with Crippen molar-refractivity contribution >= 4 is 11.6 Å². The first-order chi connectivity index (χ1) is 8.08. The highest BCUT2D eigenvalue weighted by molar-refractivity contribution is 6.30. The molecule has 2 nitrogen and oxygen atoms in total. The lowest BCUT2D eigenvalue weighted by Crippen LogP contribution is -2.36. The molecule has 17 heavy (non-hydrogen) atoms. The van der Waals surface area contributed by atoms with Gasteiger partial charge in [-0.1, -0.05) is 17.7 Å². The lowest BCUT2D eigenvalue weighted by molar-refractivity contribution is 0.0995. The van der Waals surface area contributed by atoms with E-state index in [1.54, 1.807) is 6.07 Å². The normalized spacial score (nSPS) is 26.1. The Morgan fingerprint density at radius 3 is 2.94 bits per heavy atom. The third-order valence-corrected chi connectivity index (χ3v) is 3.75. The van der Waals surface area contributed by atoms with Crippen LogP contribution in [-0.4, -0.2) is 18.8 Å². The van der Waals surface area contributed by atoms with Crippen molar-refractivity contribution in [2.75, 3.05) is 6.61 Å². The number of ether oxygens (including phenoxy) is 1. The van der Waals surface area contributed by atoms with Gasteiger partial charge in [-0.3, -0.25) is 0 Å². The van der Waals surface area contributed by atoms with Crippen molar-refractivity contribution in [3.05, 3.63) is 34.6 Å². The molecule has 2 N–H and O–H groups in total. The van der Waals surface area contributed by atoms with Crippen LogP contribution in [0.2, 0.25) is 5.02 Å². The predicted octanol–water partition coefficient (Wildman–Crippen LogP) is 2.77. The van der Waals surface area contributed by atoms with E-state index in [4.69, 9.17) is 22.1 Å². The highest BCUT2D eigenvalue weighted by Crippen LogP contribution is 2.25. The average Bonchev–Trinajstić information content (AvgIpc) is 2.70. The molecule has 3 unspecified atom stereocenters. The Kier molecular flexibility index (Phi) is 4.02. The second kappa shape index (κ2) is 5.34. The van der Waals surface area contributed by atoms with Crippen LogP contribution in [0.5, 0.6) is 0 Å². The van der Waals surface area contributed by atoms with Crippen LogP contribution in [0.3, 0.4) is 0 Å². The maximum Gasteiger partial charge on any atom is 0.142 e. The Balaban J connectivity index is 2.02. The van der Waals surface area contributed by atoms with Gasteiger partial charge in [0.2, 0.25) is 0 Å². The molecule has 0 bridgehead atoms. The number of rotatable bonds is 3. The molecule has 1 aromatic carbocycles. The van der Waals surface area contributed by atoms with E-state index >= 15 is 0 Å². The van der Waals surface area contributed by atoms with Crippen LogP contribution in [0.15, 0.2) is 18.2 Å². The fourth-order valence-electron chi connectivity index (χ4n) is 2.40. The minimum absolute atomic E-state index is 0.00748. The number of halogens is 2. The van der Waals surface area contributed by atoms with Crippen molar-refractivity contribution in [2.24, 2.45) is 11.7 Å². The molecule has 1 aliphatic rings. The number of benzene rings is 1. The maximum atomic E-state index is 13.3. The molecule has 0 amide bonds. The van der Waals surface area contributed by atoms with Crippen LogP contribution in [0.4, 0.5) is 4.39 Å². The summed E-state index contributed by atoms with van der Waals surface area (Å²) in [6.45, 7) is 2.81. The predicted molar refractivity (Wildman–Crippen MR) is 66.6 cm³/mol. The topological polar surface area (TPSA) is 35.2 Å². The Morgan fingerprint density at radius 2 is 2.35 bits per heavy atom. The molecule has 94 valence electrons. The van der Waals surface area contributed by atoms with Crippen molar-refractivity contribution in [2.45, 2.75) is 31.9 Å². The summed E-state index contributed by atoms with van der Waals surface area (Å²) < 4.78 is 18.8. The van der Waals surface area contributed by atoms with Gasteiger partial charge in [-0.05, 0) is 37.5 Å². The second-order valence-corrected chi connectivity index (χ2v) is 5.05. The molecule has 0 saturated carbocycles. The van der Waals surface area contributed by atoms with Gasteiger partial charge in [0.25, 0.3) is 0 Å². The van der Waals surface area contributed by atoms with Crippen molar-refractivity contribution in [1.82, 2.24) is 0 Å². The minimum atomic E-state index is -0.382. The van der Waals surface area contributed by atoms with Crippen molar-refractivity contribution in [1.29, 1.82) is 0 Å². The quantitative estimate of drug-likeness (QED) is 0.904. The molecule has 1 fully saturated rings. The molecule has 3 atom stereocenters. The Hall–Kier alpha value is -0.640. The summed E-state index contributed by atoms with van der Waals surface area (Å²) in [5.74, 6) is -0.0270. The van der Waals surface area contributed by atoms with E-state index in [9.17, 15) is 4.39 Å². The third-order valence-electron chi connectivity index (χ3n) is 3.44. The van der Waals surface area contributed by atoms with E-state index in [1.807, 2.05) is 13.0 Å². The van der Waals surface area contributed by atoms with E-state index in [2.05, 4.69) is 0 Å². The van der Waals surface area contributed by atoms with Crippen molar-refractivity contribution in [3.8, 4) is 0 Å². The fourth-order valence-corrected chi connectivity index (χ4v) is 2.52. The van der Waals surface area contributed by atoms with Gasteiger partial charge in [0.05, 0.1) is 11.1 Å². The molecule has 1 heterocycles. The largest absolute Gasteiger partial charge is 0.378 e. The summed E-state index contributed by atoms with van der Waals surface area (Å²) in [6.07, 6.45) is 1.84. The van der Waals surface area contributed by atoms with Crippen molar-refractivity contribution < 1.29 is 9.13 Å². The van der Waals surface area contributed by atoms with Crippen LogP contribution < -0.4 is 5.73 Å². The van der Waals surface area contributed by atoms with E-state index in [1.165, 1.54) is 6.07 Å². The fraction of sp³-hybridized carbons (Fsp3) is 0.538. The molecule has 0 radical (unpaired) electrons. The Morgan fingerprint density at radius 1 is 1.59 bits per heavy atom. The molecule has 0 spiro atoms. The zero-order valence-corrected chi connectivity index (χ0v) is 10.6. The first kappa shape index (κ1) is 12.8. The smallest absolute Gasteiger partial charge is 0.142 e. The van der Waals surface area contributed by atoms with Crippen LogP contribution >= 0.6 is 11.6 Å². The van der Waals surface area contributed by atoms with E-state index in [-0.39, 0.29) is 23.0 Å². The Labute approximate surface area is 106 Å². The Bertz CT molecular complexity index is 399. The first-order valence-corrected chi connectivity index (χ1v) is 6.27. The summed E-state index contributed by atoms with van der Waals surface area (Å²) in [7, 11) is 0. The minimum Gasteiger partial charge on any atom is -0.378 e. The summed E-state index contributed by atoms with van der Waals surface area (Å²) in [4.78, 5) is 0. The van der Waals surface area contributed by atoms with Crippen LogP contribution in [-0.2, 0) is 11.2 Å². The van der Waals surface area contributed by atoms with Gasteiger partial charge in [-0.25, -0.2) is 4.39 Å². The summed E-state index contributed by atoms with van der Waals surface area (Å²) in [6, 6.07) is 4.87. The zero-order chi connectivity index (χ0) is 12.4. The molecular weight excluding hydrogens is 241 g/mol. The molecular formula is C13H17ClFNO. The first-order valence-electron chi connectivity index (χ1n) is 5.89. The lowest BCUT2D eigenvalue weighted by Gasteiger charge is -2.22. The standard InChI is InChI=1S/C13H17ClFNO/c1-8-10(4-5-17-8)13(16)7-9-2-3-11(14)12(15)6-9/h2-3,6,8,10,13H,4-5,7,16H2,1H3. The molecule has 4 heteroatoms. The van der Waals surface area contributed by atoms with Gasteiger partial charge >= 0.3 is 0 Å². The van der Waals surface area contributed by atoms with Gasteiger partial charge in [0.1, 0.15) is 5.82 Å². The molecule has 1 aromatic rings. The molecule has 2 rings (SSSR count). The van der Waals surface area contributed by atoms with E-state index in [0.717, 1.165) is 18.6 Å². The number of hydrogen-bond acceptors (Lipinski definition) is 2. The molecule has 1 saturated heterocycles. The van der Waals surface area contributed by atoms with Gasteiger partial charge in [-0.2, -0.15) is 0 Å². The maximum absolute atomic E-state index is 13.3. The summed E-state index contributed by atoms with van der Waals surface area (Å²) in [5.41, 5.74) is 7.04. The number of nitrogens with two attached hydrogens (primary N) is 1. The van der Waals surface area contributed by atoms with Gasteiger partial charge in [0, 0.05) is 18.6 Å². The van der Waals surface area contributed by atoms with E-state index < -0.39 is 0 Å². The summed E-state index contributed by atoms with van der Waals surface area (Å²) in [5, 5.41) is 0.153. The lowest BCUT2D eigenvalue weighted by atomic mass is 9.89. The zero-order valence-electron chi connectivity index (χ0n) is 9.83. The van der Waals surface area contributed by atoms with Crippen LogP contribution in [0.25, 0.3) is 0 Å². The van der Waals surface area contributed by atoms with Crippen LogP contribution in [0.1, 0.15) is 18.9 Å². The highest BCUT2D eigenvalue weighted by Gasteiger charge is 2.29. The van der Waals surface area contributed by atoms with E-state index in [0.29, 0.717) is 12.3 Å². The van der Waals surface area contributed by atoms with Gasteiger partial charge in [0.15, 0.2) is 0 Å². The SMILES string of the molecule is CC1OCCC1C(N)Cc1ccc(Cl)c(F)c1. The number of hydrogen-bond donors (Lipinski definition) is 1. The second-order valence-electron chi connectivity index (χ2n) is 4.64. The molecule has 0 aliphatic carbocycles. The van der Waals surface area contributed by atoms with Gasteiger partial charge < -0.3 is 10.5 Å². The van der Waals surface area contributed by atoms with Crippen LogP contribution in [0, 0.1) is 11.7 Å². The average molecular weight is 258 g/mol. The van der Waals surface area contributed by atoms with Gasteiger partial charge in [-0.15, -0.1) is 0 Å². The summed E-state index contributed by atoms with van der Waals surface area (Å²) >= 11 is 5.64. The third kappa shape index (κ3) is 2.97. The molecule has 1 aliphatic heterocycles. The molecule has 0 aromatic heterocycles. The van der Waals surface area contributed by atoms with Crippen molar-refractivity contribution in [3.63, 3.8) is 0 Å². The highest BCUT2D eigenvalue weighted by atomic mass is 35.5. The monoisotopic (exact) mass is 257 g/mol.